The zero-order chi connectivity index (χ0) is 15.6. The van der Waals surface area contributed by atoms with Gasteiger partial charge in [-0.3, -0.25) is 10.1 Å². The summed E-state index contributed by atoms with van der Waals surface area (Å²) in [5, 5.41) is 11.3. The number of hydrogen-bond donors (Lipinski definition) is 0. The highest BCUT2D eigenvalue weighted by Gasteiger charge is 2.29. The van der Waals surface area contributed by atoms with E-state index < -0.39 is 4.92 Å². The minimum atomic E-state index is -0.420. The third kappa shape index (κ3) is 3.84. The molecule has 21 heavy (non-hydrogen) atoms. The first-order chi connectivity index (χ1) is 9.88. The van der Waals surface area contributed by atoms with Crippen LogP contribution in [0.5, 0.6) is 0 Å². The van der Waals surface area contributed by atoms with Crippen molar-refractivity contribution in [2.75, 3.05) is 18.0 Å². The zero-order valence-electron chi connectivity index (χ0n) is 12.8. The highest BCUT2D eigenvalue weighted by Crippen LogP contribution is 2.37. The van der Waals surface area contributed by atoms with Crippen molar-refractivity contribution in [3.05, 3.63) is 27.0 Å². The SMILES string of the molecule is Cc1cc(N2CCCC(CC(C)C)C2)c([N+](=O)[O-])c(Cl)n1. The molecule has 1 fully saturated rings. The minimum absolute atomic E-state index is 0.0130. The van der Waals surface area contributed by atoms with Gasteiger partial charge in [0.25, 0.3) is 0 Å². The van der Waals surface area contributed by atoms with Crippen LogP contribution < -0.4 is 4.90 Å². The average molecular weight is 312 g/mol. The van der Waals surface area contributed by atoms with E-state index in [9.17, 15) is 10.1 Å². The number of rotatable bonds is 4. The first kappa shape index (κ1) is 16.0. The summed E-state index contributed by atoms with van der Waals surface area (Å²) >= 11 is 5.99. The Bertz CT molecular complexity index is 534. The molecule has 1 aliphatic heterocycles. The maximum Gasteiger partial charge on any atom is 0.329 e. The molecule has 116 valence electrons. The lowest BCUT2D eigenvalue weighted by Gasteiger charge is -2.35. The second kappa shape index (κ2) is 6.60. The quantitative estimate of drug-likeness (QED) is 0.474. The van der Waals surface area contributed by atoms with Crippen molar-refractivity contribution in [2.24, 2.45) is 11.8 Å². The van der Waals surface area contributed by atoms with Gasteiger partial charge in [0, 0.05) is 18.8 Å². The first-order valence-corrected chi connectivity index (χ1v) is 7.82. The molecule has 1 unspecified atom stereocenters. The summed E-state index contributed by atoms with van der Waals surface area (Å²) < 4.78 is 0. The van der Waals surface area contributed by atoms with Crippen LogP contribution >= 0.6 is 11.6 Å². The number of anilines is 1. The van der Waals surface area contributed by atoms with Crippen molar-refractivity contribution in [2.45, 2.75) is 40.0 Å². The number of aromatic nitrogens is 1. The van der Waals surface area contributed by atoms with Gasteiger partial charge in [0.2, 0.25) is 5.15 Å². The van der Waals surface area contributed by atoms with E-state index in [1.807, 2.05) is 6.92 Å². The number of hydrogen-bond acceptors (Lipinski definition) is 4. The number of halogens is 1. The Morgan fingerprint density at radius 1 is 1.57 bits per heavy atom. The standard InChI is InChI=1S/C15H22ClN3O2/c1-10(2)7-12-5-4-6-18(9-12)13-8-11(3)17-15(16)14(13)19(20)21/h8,10,12H,4-7,9H2,1-3H3. The number of pyridine rings is 1. The molecule has 2 rings (SSSR count). The van der Waals surface area contributed by atoms with Crippen molar-refractivity contribution in [3.63, 3.8) is 0 Å². The molecule has 1 atom stereocenters. The normalized spacial score (nSPS) is 19.1. The third-order valence-electron chi connectivity index (χ3n) is 3.91. The third-order valence-corrected chi connectivity index (χ3v) is 4.17. The molecular weight excluding hydrogens is 290 g/mol. The van der Waals surface area contributed by atoms with Crippen LogP contribution in [0.25, 0.3) is 0 Å². The summed E-state index contributed by atoms with van der Waals surface area (Å²) in [6.45, 7) is 7.95. The number of aryl methyl sites for hydroxylation is 1. The lowest BCUT2D eigenvalue weighted by molar-refractivity contribution is -0.384. The van der Waals surface area contributed by atoms with Crippen molar-refractivity contribution in [1.29, 1.82) is 0 Å². The second-order valence-electron chi connectivity index (χ2n) is 6.26. The maximum atomic E-state index is 11.3. The summed E-state index contributed by atoms with van der Waals surface area (Å²) in [6, 6.07) is 1.78. The predicted octanol–water partition coefficient (Wildman–Crippen LogP) is 4.21. The van der Waals surface area contributed by atoms with Crippen LogP contribution in [0.2, 0.25) is 5.15 Å². The predicted molar refractivity (Wildman–Crippen MR) is 85.0 cm³/mol. The van der Waals surface area contributed by atoms with Crippen LogP contribution in [-0.2, 0) is 0 Å². The average Bonchev–Trinajstić information content (AvgIpc) is 2.36. The van der Waals surface area contributed by atoms with E-state index in [2.05, 4.69) is 23.7 Å². The monoisotopic (exact) mass is 311 g/mol. The molecule has 0 radical (unpaired) electrons. The van der Waals surface area contributed by atoms with Crippen LogP contribution in [-0.4, -0.2) is 23.0 Å². The minimum Gasteiger partial charge on any atom is -0.366 e. The molecule has 2 heterocycles. The van der Waals surface area contributed by atoms with Crippen LogP contribution in [0.15, 0.2) is 6.07 Å². The van der Waals surface area contributed by atoms with E-state index in [1.54, 1.807) is 6.07 Å². The Labute approximate surface area is 130 Å². The Kier molecular flexibility index (Phi) is 5.04. The van der Waals surface area contributed by atoms with Gasteiger partial charge in [-0.25, -0.2) is 4.98 Å². The van der Waals surface area contributed by atoms with Crippen molar-refractivity contribution in [1.82, 2.24) is 4.98 Å². The second-order valence-corrected chi connectivity index (χ2v) is 6.62. The fourth-order valence-corrected chi connectivity index (χ4v) is 3.46. The van der Waals surface area contributed by atoms with Crippen molar-refractivity contribution >= 4 is 23.0 Å². The molecule has 0 aromatic carbocycles. The first-order valence-electron chi connectivity index (χ1n) is 7.45. The lowest BCUT2D eigenvalue weighted by Crippen LogP contribution is -2.36. The van der Waals surface area contributed by atoms with Gasteiger partial charge in [-0.05, 0) is 44.1 Å². The highest BCUT2D eigenvalue weighted by molar-refractivity contribution is 6.32. The van der Waals surface area contributed by atoms with Gasteiger partial charge in [0.1, 0.15) is 5.69 Å². The van der Waals surface area contributed by atoms with Gasteiger partial charge < -0.3 is 4.90 Å². The summed E-state index contributed by atoms with van der Waals surface area (Å²) in [5.41, 5.74) is 1.27. The maximum absolute atomic E-state index is 11.3. The van der Waals surface area contributed by atoms with Gasteiger partial charge in [-0.1, -0.05) is 25.4 Å². The number of nitro groups is 1. The molecule has 0 amide bonds. The molecule has 0 aliphatic carbocycles. The van der Waals surface area contributed by atoms with E-state index >= 15 is 0 Å². The molecular formula is C15H22ClN3O2. The van der Waals surface area contributed by atoms with Gasteiger partial charge in [0.05, 0.1) is 4.92 Å². The van der Waals surface area contributed by atoms with Gasteiger partial charge in [0.15, 0.2) is 0 Å². The van der Waals surface area contributed by atoms with Crippen molar-refractivity contribution < 1.29 is 4.92 Å². The van der Waals surface area contributed by atoms with E-state index in [0.717, 1.165) is 25.9 Å². The summed E-state index contributed by atoms with van der Waals surface area (Å²) in [5.74, 6) is 1.23. The van der Waals surface area contributed by atoms with Crippen LogP contribution in [0.1, 0.15) is 38.8 Å². The number of piperidine rings is 1. The molecule has 1 aliphatic rings. The molecule has 1 aromatic heterocycles. The lowest BCUT2D eigenvalue weighted by atomic mass is 9.89. The zero-order valence-corrected chi connectivity index (χ0v) is 13.6. The molecule has 0 saturated carbocycles. The van der Waals surface area contributed by atoms with Gasteiger partial charge in [-0.15, -0.1) is 0 Å². The fourth-order valence-electron chi connectivity index (χ4n) is 3.16. The Morgan fingerprint density at radius 2 is 2.29 bits per heavy atom. The van der Waals surface area contributed by atoms with E-state index in [1.165, 1.54) is 6.42 Å². The Hall–Kier alpha value is -1.36. The van der Waals surface area contributed by atoms with Crippen LogP contribution in [0, 0.1) is 28.9 Å². The Morgan fingerprint density at radius 3 is 2.90 bits per heavy atom. The fraction of sp³-hybridized carbons (Fsp3) is 0.667. The van der Waals surface area contributed by atoms with Gasteiger partial charge >= 0.3 is 5.69 Å². The van der Waals surface area contributed by atoms with E-state index in [4.69, 9.17) is 11.6 Å². The Balaban J connectivity index is 2.30. The van der Waals surface area contributed by atoms with Gasteiger partial charge in [-0.2, -0.15) is 0 Å². The molecule has 5 nitrogen and oxygen atoms in total. The highest BCUT2D eigenvalue weighted by atomic mass is 35.5. The molecule has 0 spiro atoms. The number of nitrogens with zero attached hydrogens (tertiary/aromatic N) is 3. The van der Waals surface area contributed by atoms with E-state index in [0.29, 0.717) is 23.2 Å². The summed E-state index contributed by atoms with van der Waals surface area (Å²) in [7, 11) is 0. The topological polar surface area (TPSA) is 59.3 Å². The summed E-state index contributed by atoms with van der Waals surface area (Å²) in [4.78, 5) is 17.0. The molecule has 6 heteroatoms. The molecule has 0 bridgehead atoms. The van der Waals surface area contributed by atoms with Crippen LogP contribution in [0.3, 0.4) is 0 Å². The molecule has 1 saturated heterocycles. The van der Waals surface area contributed by atoms with Crippen molar-refractivity contribution in [3.8, 4) is 0 Å². The largest absolute Gasteiger partial charge is 0.366 e. The molecule has 1 aromatic rings. The summed E-state index contributed by atoms with van der Waals surface area (Å²) in [6.07, 6.45) is 3.41. The molecule has 0 N–H and O–H groups in total. The smallest absolute Gasteiger partial charge is 0.329 e. The van der Waals surface area contributed by atoms with Crippen LogP contribution in [0.4, 0.5) is 11.4 Å². The van der Waals surface area contributed by atoms with E-state index in [-0.39, 0.29) is 10.8 Å².